The topological polar surface area (TPSA) is 82.8 Å². The molecule has 1 aromatic rings. The monoisotopic (exact) mass is 354 g/mol. The average molecular weight is 355 g/mol. The van der Waals surface area contributed by atoms with Crippen molar-refractivity contribution in [2.45, 2.75) is 30.9 Å². The highest BCUT2D eigenvalue weighted by Gasteiger charge is 2.24. The van der Waals surface area contributed by atoms with Gasteiger partial charge in [-0.3, -0.25) is 0 Å². The van der Waals surface area contributed by atoms with Gasteiger partial charge in [-0.15, -0.1) is 0 Å². The smallest absolute Gasteiger partial charge is 0.245 e. The van der Waals surface area contributed by atoms with Gasteiger partial charge in [0.05, 0.1) is 0 Å². The van der Waals surface area contributed by atoms with E-state index >= 15 is 0 Å². The molecule has 1 rings (SSSR count). The van der Waals surface area contributed by atoms with Crippen molar-refractivity contribution in [3.05, 3.63) is 16.5 Å². The zero-order valence-electron chi connectivity index (χ0n) is 11.2. The Kier molecular flexibility index (Phi) is 6.00. The fraction of sp³-hybridized carbons (Fsp3) is 0.636. The molecule has 0 aliphatic rings. The summed E-state index contributed by atoms with van der Waals surface area (Å²) < 4.78 is 32.0. The average Bonchev–Trinajstić information content (AvgIpc) is 2.68. The molecule has 0 fully saturated rings. The van der Waals surface area contributed by atoms with Crippen LogP contribution in [0.3, 0.4) is 0 Å². The molecule has 110 valence electrons. The van der Waals surface area contributed by atoms with Crippen LogP contribution in [0.25, 0.3) is 0 Å². The number of hydrogen-bond acceptors (Lipinski definition) is 5. The fourth-order valence-corrected chi connectivity index (χ4v) is 3.77. The van der Waals surface area contributed by atoms with Gasteiger partial charge in [-0.25, -0.2) is 13.1 Å². The van der Waals surface area contributed by atoms with E-state index in [1.807, 2.05) is 25.9 Å². The summed E-state index contributed by atoms with van der Waals surface area (Å²) in [6, 6.07) is 1.12. The lowest BCUT2D eigenvalue weighted by atomic mass is 10.2. The second-order valence-electron chi connectivity index (χ2n) is 4.62. The van der Waals surface area contributed by atoms with Crippen LogP contribution in [0.4, 0.5) is 0 Å². The Morgan fingerprint density at radius 3 is 2.63 bits per heavy atom. The van der Waals surface area contributed by atoms with Gasteiger partial charge in [-0.05, 0) is 49.9 Å². The van der Waals surface area contributed by atoms with Gasteiger partial charge in [0.1, 0.15) is 17.3 Å². The van der Waals surface area contributed by atoms with Crippen molar-refractivity contribution in [3.63, 3.8) is 0 Å². The van der Waals surface area contributed by atoms with Crippen LogP contribution in [0.15, 0.2) is 20.0 Å². The van der Waals surface area contributed by atoms with Crippen molar-refractivity contribution in [2.75, 3.05) is 20.6 Å². The predicted molar refractivity (Wildman–Crippen MR) is 75.3 cm³/mol. The van der Waals surface area contributed by atoms with E-state index in [9.17, 15) is 8.42 Å². The molecule has 1 unspecified atom stereocenters. The van der Waals surface area contributed by atoms with E-state index in [4.69, 9.17) is 9.52 Å². The first-order valence-corrected chi connectivity index (χ1v) is 8.10. The molecular formula is C11H19BrN2O4S. The zero-order valence-corrected chi connectivity index (χ0v) is 13.6. The molecule has 1 heterocycles. The zero-order chi connectivity index (χ0) is 14.6. The molecule has 0 saturated heterocycles. The van der Waals surface area contributed by atoms with Crippen molar-refractivity contribution in [2.24, 2.45) is 0 Å². The van der Waals surface area contributed by atoms with Gasteiger partial charge in [0.2, 0.25) is 10.0 Å². The second kappa shape index (κ2) is 6.85. The van der Waals surface area contributed by atoms with Crippen LogP contribution >= 0.6 is 15.9 Å². The third-order valence-corrected chi connectivity index (χ3v) is 4.96. The molecule has 1 atom stereocenters. The highest BCUT2D eigenvalue weighted by molar-refractivity contribution is 9.10. The molecule has 0 radical (unpaired) electrons. The minimum Gasteiger partial charge on any atom is -0.450 e. The van der Waals surface area contributed by atoms with E-state index in [2.05, 4.69) is 20.7 Å². The number of hydrogen-bond donors (Lipinski definition) is 2. The lowest BCUT2D eigenvalue weighted by Gasteiger charge is -2.16. The Morgan fingerprint density at radius 1 is 1.53 bits per heavy atom. The number of sulfonamides is 1. The third-order valence-electron chi connectivity index (χ3n) is 2.52. The molecule has 0 bridgehead atoms. The number of nitrogens with zero attached hydrogens (tertiary/aromatic N) is 1. The van der Waals surface area contributed by atoms with Crippen LogP contribution in [-0.2, 0) is 16.6 Å². The molecule has 2 N–H and O–H groups in total. The molecule has 6 nitrogen and oxygen atoms in total. The standard InChI is InChI=1S/C11H19BrN2O4S/c1-8(4-5-14(2)3)13-19(16,17)10-6-9(7-15)18-11(10)12/h6,8,13,15H,4-5,7H2,1-3H3. The van der Waals surface area contributed by atoms with Crippen LogP contribution in [0, 0.1) is 0 Å². The highest BCUT2D eigenvalue weighted by Crippen LogP contribution is 2.26. The van der Waals surface area contributed by atoms with Gasteiger partial charge in [0.25, 0.3) is 0 Å². The summed E-state index contributed by atoms with van der Waals surface area (Å²) in [6.45, 7) is 2.25. The molecule has 0 aromatic carbocycles. The Balaban J connectivity index is 2.77. The van der Waals surface area contributed by atoms with Gasteiger partial charge < -0.3 is 14.4 Å². The molecule has 0 aliphatic heterocycles. The van der Waals surface area contributed by atoms with E-state index in [-0.39, 0.29) is 28.0 Å². The van der Waals surface area contributed by atoms with Crippen molar-refractivity contribution in [3.8, 4) is 0 Å². The number of aliphatic hydroxyl groups is 1. The maximum Gasteiger partial charge on any atom is 0.245 e. The Morgan fingerprint density at radius 2 is 2.16 bits per heavy atom. The predicted octanol–water partition coefficient (Wildman–Crippen LogP) is 1.15. The van der Waals surface area contributed by atoms with E-state index in [0.29, 0.717) is 6.42 Å². The van der Waals surface area contributed by atoms with E-state index < -0.39 is 10.0 Å². The van der Waals surface area contributed by atoms with E-state index in [1.54, 1.807) is 0 Å². The molecule has 0 aliphatic carbocycles. The summed E-state index contributed by atoms with van der Waals surface area (Å²) >= 11 is 3.04. The van der Waals surface area contributed by atoms with E-state index in [1.165, 1.54) is 6.07 Å². The Hall–Kier alpha value is -0.410. The maximum absolute atomic E-state index is 12.1. The molecule has 0 spiro atoms. The van der Waals surface area contributed by atoms with Crippen LogP contribution in [-0.4, -0.2) is 45.1 Å². The number of aliphatic hydroxyl groups excluding tert-OH is 1. The molecule has 8 heteroatoms. The summed E-state index contributed by atoms with van der Waals surface area (Å²) in [7, 11) is 0.216. The Labute approximate surface area is 122 Å². The maximum atomic E-state index is 12.1. The molecule has 19 heavy (non-hydrogen) atoms. The number of furan rings is 1. The number of nitrogens with one attached hydrogen (secondary N) is 1. The Bertz CT molecular complexity index is 513. The summed E-state index contributed by atoms with van der Waals surface area (Å²) in [5, 5.41) is 8.93. The fourth-order valence-electron chi connectivity index (χ4n) is 1.50. The lowest BCUT2D eigenvalue weighted by Crippen LogP contribution is -2.34. The third kappa shape index (κ3) is 4.88. The van der Waals surface area contributed by atoms with Gasteiger partial charge in [0.15, 0.2) is 4.67 Å². The van der Waals surface area contributed by atoms with Gasteiger partial charge >= 0.3 is 0 Å². The highest BCUT2D eigenvalue weighted by atomic mass is 79.9. The van der Waals surface area contributed by atoms with Gasteiger partial charge in [0, 0.05) is 12.1 Å². The SMILES string of the molecule is CC(CCN(C)C)NS(=O)(=O)c1cc(CO)oc1Br. The summed E-state index contributed by atoms with van der Waals surface area (Å²) in [4.78, 5) is 2.00. The first kappa shape index (κ1) is 16.6. The van der Waals surface area contributed by atoms with Crippen molar-refractivity contribution in [1.29, 1.82) is 0 Å². The largest absolute Gasteiger partial charge is 0.450 e. The molecule has 0 amide bonds. The second-order valence-corrected chi connectivity index (χ2v) is 7.03. The normalized spacial score (nSPS) is 14.0. The molecule has 1 aromatic heterocycles. The quantitative estimate of drug-likeness (QED) is 0.767. The van der Waals surface area contributed by atoms with Crippen LogP contribution in [0.1, 0.15) is 19.1 Å². The van der Waals surface area contributed by atoms with Crippen molar-refractivity contribution >= 4 is 26.0 Å². The molecular weight excluding hydrogens is 336 g/mol. The van der Waals surface area contributed by atoms with Crippen molar-refractivity contribution < 1.29 is 17.9 Å². The summed E-state index contributed by atoms with van der Waals surface area (Å²) in [6.07, 6.45) is 0.703. The van der Waals surface area contributed by atoms with Gasteiger partial charge in [-0.2, -0.15) is 0 Å². The summed E-state index contributed by atoms with van der Waals surface area (Å²) in [5.41, 5.74) is 0. The first-order chi connectivity index (χ1) is 8.76. The minimum atomic E-state index is -3.65. The number of rotatable bonds is 7. The number of halogens is 1. The van der Waals surface area contributed by atoms with Gasteiger partial charge in [-0.1, -0.05) is 0 Å². The first-order valence-electron chi connectivity index (χ1n) is 5.82. The summed E-state index contributed by atoms with van der Waals surface area (Å²) in [5.74, 6) is 0.202. The van der Waals surface area contributed by atoms with Crippen molar-refractivity contribution in [1.82, 2.24) is 9.62 Å². The van der Waals surface area contributed by atoms with Crippen LogP contribution in [0.5, 0.6) is 0 Å². The lowest BCUT2D eigenvalue weighted by molar-refractivity contribution is 0.245. The van der Waals surface area contributed by atoms with E-state index in [0.717, 1.165) is 6.54 Å². The van der Waals surface area contributed by atoms with Crippen LogP contribution in [0.2, 0.25) is 0 Å². The molecule has 0 saturated carbocycles. The van der Waals surface area contributed by atoms with Crippen LogP contribution < -0.4 is 4.72 Å². The minimum absolute atomic E-state index is 0.00764.